The Morgan fingerprint density at radius 3 is 2.88 bits per heavy atom. The van der Waals surface area contributed by atoms with Crippen LogP contribution in [0, 0.1) is 5.41 Å². The van der Waals surface area contributed by atoms with Crippen LogP contribution >= 0.6 is 0 Å². The number of nitrogens with zero attached hydrogens (tertiary/aromatic N) is 2. The van der Waals surface area contributed by atoms with E-state index < -0.39 is 0 Å². The smallest absolute Gasteiger partial charge is 0.123 e. The molecule has 0 spiro atoms. The van der Waals surface area contributed by atoms with Gasteiger partial charge >= 0.3 is 0 Å². The van der Waals surface area contributed by atoms with E-state index in [4.69, 9.17) is 5.73 Å². The third kappa shape index (κ3) is 3.70. The third-order valence-electron chi connectivity index (χ3n) is 3.65. The molecule has 0 radical (unpaired) electrons. The summed E-state index contributed by atoms with van der Waals surface area (Å²) >= 11 is 0. The van der Waals surface area contributed by atoms with Crippen LogP contribution in [0.15, 0.2) is 18.2 Å². The van der Waals surface area contributed by atoms with Gasteiger partial charge in [0.2, 0.25) is 0 Å². The Kier molecular flexibility index (Phi) is 3.67. The molecule has 1 saturated heterocycles. The molecule has 2 heterocycles. The van der Waals surface area contributed by atoms with Crippen molar-refractivity contribution in [3.63, 3.8) is 0 Å². The molecule has 1 fully saturated rings. The van der Waals surface area contributed by atoms with Gasteiger partial charge < -0.3 is 5.73 Å². The van der Waals surface area contributed by atoms with Gasteiger partial charge in [0.05, 0.1) is 5.69 Å². The van der Waals surface area contributed by atoms with E-state index in [9.17, 15) is 0 Å². The first-order valence-corrected chi connectivity index (χ1v) is 6.49. The molecule has 0 saturated carbocycles. The largest absolute Gasteiger partial charge is 0.384 e. The Hall–Kier alpha value is -1.09. The average molecular weight is 233 g/mol. The lowest BCUT2D eigenvalue weighted by Gasteiger charge is -2.23. The SMILES string of the molecule is CC1(C)CCCN(Cc2cccc(N)n2)CC1. The Morgan fingerprint density at radius 2 is 2.12 bits per heavy atom. The molecule has 3 nitrogen and oxygen atoms in total. The van der Waals surface area contributed by atoms with Crippen LogP contribution in [-0.2, 0) is 6.54 Å². The topological polar surface area (TPSA) is 42.1 Å². The van der Waals surface area contributed by atoms with Gasteiger partial charge in [0.15, 0.2) is 0 Å². The summed E-state index contributed by atoms with van der Waals surface area (Å²) in [6.45, 7) is 8.02. The fourth-order valence-corrected chi connectivity index (χ4v) is 2.45. The monoisotopic (exact) mass is 233 g/mol. The zero-order chi connectivity index (χ0) is 12.3. The number of hydrogen-bond donors (Lipinski definition) is 1. The standard InChI is InChI=1S/C14H23N3/c1-14(2)7-4-9-17(10-8-14)11-12-5-3-6-13(15)16-12/h3,5-6H,4,7-11H2,1-2H3,(H2,15,16). The summed E-state index contributed by atoms with van der Waals surface area (Å²) < 4.78 is 0. The van der Waals surface area contributed by atoms with Crippen LogP contribution in [0.4, 0.5) is 5.82 Å². The van der Waals surface area contributed by atoms with Crippen LogP contribution in [0.25, 0.3) is 0 Å². The third-order valence-corrected chi connectivity index (χ3v) is 3.65. The molecule has 1 aliphatic heterocycles. The van der Waals surface area contributed by atoms with Gasteiger partial charge in [0, 0.05) is 6.54 Å². The van der Waals surface area contributed by atoms with Crippen LogP contribution in [0.5, 0.6) is 0 Å². The van der Waals surface area contributed by atoms with Gasteiger partial charge in [0.1, 0.15) is 5.82 Å². The van der Waals surface area contributed by atoms with Crippen molar-refractivity contribution in [1.29, 1.82) is 0 Å². The second-order valence-corrected chi connectivity index (χ2v) is 5.85. The molecule has 17 heavy (non-hydrogen) atoms. The van der Waals surface area contributed by atoms with Crippen molar-refractivity contribution in [3.05, 3.63) is 23.9 Å². The lowest BCUT2D eigenvalue weighted by atomic mass is 9.85. The van der Waals surface area contributed by atoms with E-state index in [-0.39, 0.29) is 0 Å². The van der Waals surface area contributed by atoms with Gasteiger partial charge in [-0.05, 0) is 49.9 Å². The number of hydrogen-bond acceptors (Lipinski definition) is 3. The zero-order valence-corrected chi connectivity index (χ0v) is 10.9. The van der Waals surface area contributed by atoms with Crippen LogP contribution in [0.1, 0.15) is 38.8 Å². The van der Waals surface area contributed by atoms with Crippen molar-refractivity contribution in [1.82, 2.24) is 9.88 Å². The van der Waals surface area contributed by atoms with Gasteiger partial charge in [-0.1, -0.05) is 19.9 Å². The van der Waals surface area contributed by atoms with Crippen LogP contribution in [0.2, 0.25) is 0 Å². The molecule has 1 aromatic heterocycles. The van der Waals surface area contributed by atoms with E-state index in [0.717, 1.165) is 12.2 Å². The molecule has 1 aromatic rings. The maximum absolute atomic E-state index is 5.71. The van der Waals surface area contributed by atoms with Gasteiger partial charge in [0.25, 0.3) is 0 Å². The molecule has 1 aliphatic rings. The minimum Gasteiger partial charge on any atom is -0.384 e. The van der Waals surface area contributed by atoms with Crippen LogP contribution in [-0.4, -0.2) is 23.0 Å². The molecule has 0 unspecified atom stereocenters. The first kappa shape index (κ1) is 12.4. The van der Waals surface area contributed by atoms with E-state index in [1.807, 2.05) is 12.1 Å². The predicted octanol–water partition coefficient (Wildman–Crippen LogP) is 2.68. The molecule has 94 valence electrons. The summed E-state index contributed by atoms with van der Waals surface area (Å²) in [6, 6.07) is 5.89. The number of nitrogen functional groups attached to an aromatic ring is 1. The normalized spacial score (nSPS) is 21.1. The average Bonchev–Trinajstić information content (AvgIpc) is 2.41. The molecule has 0 aliphatic carbocycles. The molecule has 0 amide bonds. The molecule has 0 bridgehead atoms. The second-order valence-electron chi connectivity index (χ2n) is 5.85. The summed E-state index contributed by atoms with van der Waals surface area (Å²) in [7, 11) is 0. The van der Waals surface area contributed by atoms with E-state index in [1.54, 1.807) is 0 Å². The van der Waals surface area contributed by atoms with Crippen molar-refractivity contribution in [2.24, 2.45) is 5.41 Å². The highest BCUT2D eigenvalue weighted by Gasteiger charge is 2.22. The van der Waals surface area contributed by atoms with Crippen molar-refractivity contribution in [2.45, 2.75) is 39.7 Å². The highest BCUT2D eigenvalue weighted by molar-refractivity contribution is 5.28. The van der Waals surface area contributed by atoms with Gasteiger partial charge in [-0.25, -0.2) is 4.98 Å². The Balaban J connectivity index is 1.95. The van der Waals surface area contributed by atoms with E-state index in [0.29, 0.717) is 11.2 Å². The fraction of sp³-hybridized carbons (Fsp3) is 0.643. The number of pyridine rings is 1. The Morgan fingerprint density at radius 1 is 1.29 bits per heavy atom. The van der Waals surface area contributed by atoms with Crippen molar-refractivity contribution in [3.8, 4) is 0 Å². The quantitative estimate of drug-likeness (QED) is 0.854. The van der Waals surface area contributed by atoms with Gasteiger partial charge in [-0.15, -0.1) is 0 Å². The number of anilines is 1. The second kappa shape index (κ2) is 5.05. The zero-order valence-electron chi connectivity index (χ0n) is 10.9. The maximum atomic E-state index is 5.71. The lowest BCUT2D eigenvalue weighted by molar-refractivity contribution is 0.253. The first-order chi connectivity index (χ1) is 8.05. The Labute approximate surface area is 104 Å². The molecular formula is C14H23N3. The number of likely N-dealkylation sites (tertiary alicyclic amines) is 1. The summed E-state index contributed by atoms with van der Waals surface area (Å²) in [5.74, 6) is 0.623. The number of rotatable bonds is 2. The molecule has 0 aromatic carbocycles. The molecule has 2 N–H and O–H groups in total. The summed E-state index contributed by atoms with van der Waals surface area (Å²) in [6.07, 6.45) is 3.89. The van der Waals surface area contributed by atoms with E-state index in [1.165, 1.54) is 32.4 Å². The summed E-state index contributed by atoms with van der Waals surface area (Å²) in [5.41, 5.74) is 7.29. The van der Waals surface area contributed by atoms with Gasteiger partial charge in [-0.3, -0.25) is 4.90 Å². The van der Waals surface area contributed by atoms with Crippen molar-refractivity contribution < 1.29 is 0 Å². The summed E-state index contributed by atoms with van der Waals surface area (Å²) in [5, 5.41) is 0. The van der Waals surface area contributed by atoms with Crippen molar-refractivity contribution >= 4 is 5.82 Å². The van der Waals surface area contributed by atoms with Crippen LogP contribution < -0.4 is 5.73 Å². The maximum Gasteiger partial charge on any atom is 0.123 e. The van der Waals surface area contributed by atoms with Crippen molar-refractivity contribution in [2.75, 3.05) is 18.8 Å². The van der Waals surface area contributed by atoms with Crippen LogP contribution in [0.3, 0.4) is 0 Å². The van der Waals surface area contributed by atoms with Gasteiger partial charge in [-0.2, -0.15) is 0 Å². The summed E-state index contributed by atoms with van der Waals surface area (Å²) in [4.78, 5) is 6.87. The van der Waals surface area contributed by atoms with E-state index in [2.05, 4.69) is 29.8 Å². The Bertz CT molecular complexity index is 373. The molecule has 2 rings (SSSR count). The highest BCUT2D eigenvalue weighted by Crippen LogP contribution is 2.30. The minimum absolute atomic E-state index is 0.498. The number of nitrogens with two attached hydrogens (primary N) is 1. The number of aromatic nitrogens is 1. The predicted molar refractivity (Wildman–Crippen MR) is 71.6 cm³/mol. The minimum atomic E-state index is 0.498. The molecule has 0 atom stereocenters. The first-order valence-electron chi connectivity index (χ1n) is 6.49. The van der Waals surface area contributed by atoms with E-state index >= 15 is 0 Å². The lowest BCUT2D eigenvalue weighted by Crippen LogP contribution is -2.25. The molecule has 3 heteroatoms. The molecular weight excluding hydrogens is 210 g/mol. The fourth-order valence-electron chi connectivity index (χ4n) is 2.45. The highest BCUT2D eigenvalue weighted by atomic mass is 15.1.